The number of aryl methyl sites for hydroxylation is 2. The summed E-state index contributed by atoms with van der Waals surface area (Å²) in [6.07, 6.45) is 0.0317. The molecule has 0 aliphatic rings. The van der Waals surface area contributed by atoms with E-state index in [0.717, 1.165) is 5.56 Å². The van der Waals surface area contributed by atoms with Gasteiger partial charge in [-0.1, -0.05) is 42.5 Å². The topological polar surface area (TPSA) is 81.3 Å². The lowest BCUT2D eigenvalue weighted by atomic mass is 10.1. The van der Waals surface area contributed by atoms with Gasteiger partial charge in [-0.3, -0.25) is 14.0 Å². The predicted molar refractivity (Wildman–Crippen MR) is 138 cm³/mol. The molecule has 0 saturated heterocycles. The molecule has 36 heavy (non-hydrogen) atoms. The van der Waals surface area contributed by atoms with Crippen LogP contribution in [0.4, 0.5) is 4.39 Å². The molecule has 5 aromatic rings. The Kier molecular flexibility index (Phi) is 6.24. The van der Waals surface area contributed by atoms with E-state index in [2.05, 4.69) is 15.4 Å². The summed E-state index contributed by atoms with van der Waals surface area (Å²) < 4.78 is 17.3. The van der Waals surface area contributed by atoms with E-state index in [1.165, 1.54) is 26.5 Å². The summed E-state index contributed by atoms with van der Waals surface area (Å²) in [6.45, 7) is 5.47. The van der Waals surface area contributed by atoms with Gasteiger partial charge in [0.2, 0.25) is 5.91 Å². The van der Waals surface area contributed by atoms with Crippen LogP contribution in [0.1, 0.15) is 35.6 Å². The maximum atomic E-state index is 14.4. The Morgan fingerprint density at radius 1 is 1.11 bits per heavy atom. The fourth-order valence-corrected chi connectivity index (χ4v) is 5.20. The third kappa shape index (κ3) is 4.33. The second-order valence-electron chi connectivity index (χ2n) is 8.63. The first kappa shape index (κ1) is 23.6. The van der Waals surface area contributed by atoms with Crippen LogP contribution in [0.3, 0.4) is 0 Å². The highest BCUT2D eigenvalue weighted by Gasteiger charge is 2.21. The highest BCUT2D eigenvalue weighted by atomic mass is 32.1. The molecule has 7 nitrogen and oxygen atoms in total. The number of nitrogens with one attached hydrogen (secondary N) is 1. The number of nitrogens with zero attached hydrogens (tertiary/aromatic N) is 4. The van der Waals surface area contributed by atoms with Crippen LogP contribution in [0, 0.1) is 19.7 Å². The van der Waals surface area contributed by atoms with Gasteiger partial charge in [0, 0.05) is 16.8 Å². The standard InChI is InChI=1S/C27H24FN5O2S/c1-16-13-22(31-33(16)23-12-8-7-11-21(23)28)25-18(3)30-27-32(26(25)35)20(15-36-27)14-24(34)29-17(2)19-9-5-4-6-10-19/h4-13,15,17H,14H2,1-3H3,(H,29,34)/t17-/m0/s1. The van der Waals surface area contributed by atoms with E-state index in [-0.39, 0.29) is 23.9 Å². The second kappa shape index (κ2) is 9.50. The average molecular weight is 502 g/mol. The number of para-hydroxylation sites is 1. The molecule has 0 saturated carbocycles. The van der Waals surface area contributed by atoms with Gasteiger partial charge in [0.25, 0.3) is 5.56 Å². The van der Waals surface area contributed by atoms with Crippen LogP contribution in [0.15, 0.2) is 70.8 Å². The zero-order valence-corrected chi connectivity index (χ0v) is 20.8. The van der Waals surface area contributed by atoms with Gasteiger partial charge >= 0.3 is 0 Å². The molecule has 1 amide bonds. The van der Waals surface area contributed by atoms with Crippen molar-refractivity contribution in [3.8, 4) is 16.9 Å². The molecular formula is C27H24FN5O2S. The summed E-state index contributed by atoms with van der Waals surface area (Å²) in [5, 5.41) is 9.30. The van der Waals surface area contributed by atoms with E-state index >= 15 is 0 Å². The van der Waals surface area contributed by atoms with E-state index < -0.39 is 5.82 Å². The summed E-state index contributed by atoms with van der Waals surface area (Å²) in [6, 6.07) is 17.6. The van der Waals surface area contributed by atoms with Gasteiger partial charge < -0.3 is 5.32 Å². The SMILES string of the molecule is Cc1nc2scc(CC(=O)N[C@@H](C)c3ccccc3)n2c(=O)c1-c1cc(C)n(-c2ccccc2F)n1. The zero-order chi connectivity index (χ0) is 25.4. The molecule has 0 spiro atoms. The number of carbonyl (C=O) groups is 1. The molecule has 3 aromatic heterocycles. The number of amides is 1. The number of aromatic nitrogens is 4. The molecule has 3 heterocycles. The fraction of sp³-hybridized carbons (Fsp3) is 0.185. The molecule has 0 bridgehead atoms. The van der Waals surface area contributed by atoms with Crippen molar-refractivity contribution in [2.45, 2.75) is 33.2 Å². The maximum Gasteiger partial charge on any atom is 0.268 e. The quantitative estimate of drug-likeness (QED) is 0.363. The number of rotatable bonds is 6. The maximum absolute atomic E-state index is 14.4. The van der Waals surface area contributed by atoms with Crippen LogP contribution < -0.4 is 10.9 Å². The van der Waals surface area contributed by atoms with Crippen LogP contribution in [-0.4, -0.2) is 25.1 Å². The third-order valence-corrected chi connectivity index (χ3v) is 6.94. The highest BCUT2D eigenvalue weighted by Crippen LogP contribution is 2.24. The predicted octanol–water partition coefficient (Wildman–Crippen LogP) is 4.78. The number of hydrogen-bond acceptors (Lipinski definition) is 5. The number of benzene rings is 2. The summed E-state index contributed by atoms with van der Waals surface area (Å²) in [5.74, 6) is -0.604. The lowest BCUT2D eigenvalue weighted by molar-refractivity contribution is -0.121. The van der Waals surface area contributed by atoms with E-state index in [4.69, 9.17) is 0 Å². The number of fused-ring (bicyclic) bond motifs is 1. The monoisotopic (exact) mass is 501 g/mol. The molecule has 0 aliphatic carbocycles. The average Bonchev–Trinajstić information content (AvgIpc) is 3.43. The van der Waals surface area contributed by atoms with Crippen molar-refractivity contribution in [1.82, 2.24) is 24.5 Å². The molecule has 0 unspecified atom stereocenters. The Balaban J connectivity index is 1.49. The molecule has 1 N–H and O–H groups in total. The van der Waals surface area contributed by atoms with Crippen molar-refractivity contribution in [2.24, 2.45) is 0 Å². The van der Waals surface area contributed by atoms with Crippen molar-refractivity contribution in [3.63, 3.8) is 0 Å². The molecule has 2 aromatic carbocycles. The summed E-state index contributed by atoms with van der Waals surface area (Å²) in [5.41, 5.74) is 3.47. The van der Waals surface area contributed by atoms with Crippen molar-refractivity contribution >= 4 is 22.2 Å². The van der Waals surface area contributed by atoms with Gasteiger partial charge in [0.15, 0.2) is 4.96 Å². The Morgan fingerprint density at radius 2 is 1.83 bits per heavy atom. The van der Waals surface area contributed by atoms with Crippen LogP contribution >= 0.6 is 11.3 Å². The fourth-order valence-electron chi connectivity index (χ4n) is 4.27. The zero-order valence-electron chi connectivity index (χ0n) is 20.0. The van der Waals surface area contributed by atoms with Gasteiger partial charge in [-0.15, -0.1) is 11.3 Å². The largest absolute Gasteiger partial charge is 0.349 e. The minimum atomic E-state index is -0.409. The van der Waals surface area contributed by atoms with Crippen molar-refractivity contribution in [3.05, 3.63) is 105 Å². The van der Waals surface area contributed by atoms with Crippen LogP contribution in [0.5, 0.6) is 0 Å². The first-order valence-electron chi connectivity index (χ1n) is 11.5. The van der Waals surface area contributed by atoms with Gasteiger partial charge in [-0.05, 0) is 44.5 Å². The first-order chi connectivity index (χ1) is 17.3. The summed E-state index contributed by atoms with van der Waals surface area (Å²) in [7, 11) is 0. The smallest absolute Gasteiger partial charge is 0.268 e. The van der Waals surface area contributed by atoms with Gasteiger partial charge in [-0.25, -0.2) is 14.1 Å². The lowest BCUT2D eigenvalue weighted by Crippen LogP contribution is -2.29. The number of halogens is 1. The number of carbonyl (C=O) groups excluding carboxylic acids is 1. The highest BCUT2D eigenvalue weighted by molar-refractivity contribution is 7.15. The van der Waals surface area contributed by atoms with Crippen molar-refractivity contribution < 1.29 is 9.18 Å². The van der Waals surface area contributed by atoms with Gasteiger partial charge in [0.05, 0.1) is 23.7 Å². The van der Waals surface area contributed by atoms with Crippen molar-refractivity contribution in [1.29, 1.82) is 0 Å². The number of hydrogen-bond donors (Lipinski definition) is 1. The normalized spacial score (nSPS) is 12.1. The van der Waals surface area contributed by atoms with E-state index in [9.17, 15) is 14.0 Å². The molecule has 1 atom stereocenters. The lowest BCUT2D eigenvalue weighted by Gasteiger charge is -2.14. The van der Waals surface area contributed by atoms with Gasteiger partial charge in [-0.2, -0.15) is 5.10 Å². The number of thiazole rings is 1. The minimum Gasteiger partial charge on any atom is -0.349 e. The van der Waals surface area contributed by atoms with Crippen LogP contribution in [0.25, 0.3) is 21.9 Å². The Morgan fingerprint density at radius 3 is 2.58 bits per heavy atom. The van der Waals surface area contributed by atoms with Crippen molar-refractivity contribution in [2.75, 3.05) is 0 Å². The Labute approximate surface area is 210 Å². The van der Waals surface area contributed by atoms with E-state index in [1.807, 2.05) is 37.3 Å². The minimum absolute atomic E-state index is 0.0317. The Bertz CT molecular complexity index is 1640. The molecule has 0 radical (unpaired) electrons. The molecule has 0 aliphatic heterocycles. The molecular weight excluding hydrogens is 477 g/mol. The molecule has 182 valence electrons. The second-order valence-corrected chi connectivity index (χ2v) is 9.47. The van der Waals surface area contributed by atoms with E-state index in [0.29, 0.717) is 39.0 Å². The molecule has 0 fully saturated rings. The summed E-state index contributed by atoms with van der Waals surface area (Å²) >= 11 is 1.31. The summed E-state index contributed by atoms with van der Waals surface area (Å²) in [4.78, 5) is 31.6. The van der Waals surface area contributed by atoms with Crippen LogP contribution in [-0.2, 0) is 11.2 Å². The molecule has 9 heteroatoms. The van der Waals surface area contributed by atoms with Gasteiger partial charge in [0.1, 0.15) is 17.2 Å². The first-order valence-corrected chi connectivity index (χ1v) is 12.4. The molecule has 5 rings (SSSR count). The Hall–Kier alpha value is -4.11. The van der Waals surface area contributed by atoms with E-state index in [1.54, 1.807) is 43.5 Å². The third-order valence-electron chi connectivity index (χ3n) is 6.06. The van der Waals surface area contributed by atoms with Crippen LogP contribution in [0.2, 0.25) is 0 Å².